The van der Waals surface area contributed by atoms with Gasteiger partial charge < -0.3 is 14.2 Å². The lowest BCUT2D eigenvalue weighted by molar-refractivity contribution is -0.141. The van der Waals surface area contributed by atoms with Crippen LogP contribution in [0.4, 0.5) is 0 Å². The van der Waals surface area contributed by atoms with E-state index in [1.807, 2.05) is 12.1 Å². The molecule has 0 unspecified atom stereocenters. The summed E-state index contributed by atoms with van der Waals surface area (Å²) >= 11 is 0. The molecule has 0 atom stereocenters. The zero-order valence-electron chi connectivity index (χ0n) is 15.5. The molecule has 1 aliphatic rings. The van der Waals surface area contributed by atoms with Gasteiger partial charge in [0.05, 0.1) is 14.2 Å². The first-order valence-corrected chi connectivity index (χ1v) is 8.72. The molecule has 1 aliphatic carbocycles. The van der Waals surface area contributed by atoms with Gasteiger partial charge in [-0.25, -0.2) is 0 Å². The van der Waals surface area contributed by atoms with E-state index in [-0.39, 0.29) is 18.4 Å². The number of ether oxygens (including phenoxy) is 3. The van der Waals surface area contributed by atoms with E-state index >= 15 is 0 Å². The van der Waals surface area contributed by atoms with Crippen LogP contribution in [0.1, 0.15) is 44.6 Å². The molecule has 2 rings (SSSR count). The van der Waals surface area contributed by atoms with E-state index in [2.05, 4.69) is 11.0 Å². The van der Waals surface area contributed by atoms with Gasteiger partial charge in [-0.05, 0) is 30.5 Å². The van der Waals surface area contributed by atoms with Crippen LogP contribution in [0.5, 0.6) is 11.5 Å². The summed E-state index contributed by atoms with van der Waals surface area (Å²) in [6.07, 6.45) is 6.31. The van der Waals surface area contributed by atoms with Gasteiger partial charge in [-0.1, -0.05) is 25.3 Å². The van der Waals surface area contributed by atoms with Gasteiger partial charge in [0.1, 0.15) is 6.61 Å². The molecule has 6 heteroatoms. The van der Waals surface area contributed by atoms with Crippen LogP contribution < -0.4 is 9.47 Å². The number of carbonyl (C=O) groups excluding carboxylic acids is 1. The fourth-order valence-electron chi connectivity index (χ4n) is 3.36. The van der Waals surface area contributed by atoms with Crippen molar-refractivity contribution in [2.45, 2.75) is 51.6 Å². The van der Waals surface area contributed by atoms with E-state index in [9.17, 15) is 4.79 Å². The summed E-state index contributed by atoms with van der Waals surface area (Å²) in [6, 6.07) is 6.60. The summed E-state index contributed by atoms with van der Waals surface area (Å²) in [5, 5.41) is 0. The van der Waals surface area contributed by atoms with Gasteiger partial charge in [-0.2, -0.15) is 0 Å². The fourth-order valence-corrected chi connectivity index (χ4v) is 3.36. The Balaban J connectivity index is 0.00000312. The molecular formula is C19H30ClNO4. The number of carbonyl (C=O) groups is 1. The molecule has 1 aromatic carbocycles. The molecule has 0 bridgehead atoms. The number of hydrogen-bond donors (Lipinski definition) is 0. The Morgan fingerprint density at radius 2 is 1.80 bits per heavy atom. The highest BCUT2D eigenvalue weighted by Gasteiger charge is 2.21. The third kappa shape index (κ3) is 6.75. The molecule has 1 saturated carbocycles. The molecule has 142 valence electrons. The standard InChI is InChI=1S/C19H29NO4.ClH/c1-15(21)24-12-11-20(17-7-5-4-6-8-17)14-16-9-10-18(22-2)19(13-16)23-3;/h9-10,13,17H,4-8,11-12,14H2,1-3H3;1H. The summed E-state index contributed by atoms with van der Waals surface area (Å²) in [6.45, 7) is 3.49. The van der Waals surface area contributed by atoms with E-state index < -0.39 is 0 Å². The Labute approximate surface area is 157 Å². The minimum Gasteiger partial charge on any atom is -0.493 e. The van der Waals surface area contributed by atoms with Crippen LogP contribution in [0, 0.1) is 0 Å². The molecule has 0 heterocycles. The van der Waals surface area contributed by atoms with Crippen molar-refractivity contribution >= 4 is 18.4 Å². The highest BCUT2D eigenvalue weighted by atomic mass is 35.5. The predicted molar refractivity (Wildman–Crippen MR) is 101 cm³/mol. The Kier molecular flexibility index (Phi) is 9.68. The zero-order chi connectivity index (χ0) is 17.4. The maximum atomic E-state index is 11.0. The van der Waals surface area contributed by atoms with Crippen molar-refractivity contribution in [3.8, 4) is 11.5 Å². The van der Waals surface area contributed by atoms with Gasteiger partial charge in [-0.15, -0.1) is 12.4 Å². The lowest BCUT2D eigenvalue weighted by Crippen LogP contribution is -2.38. The molecule has 0 aliphatic heterocycles. The largest absolute Gasteiger partial charge is 0.493 e. The second-order valence-corrected chi connectivity index (χ2v) is 6.29. The minimum absolute atomic E-state index is 0. The van der Waals surface area contributed by atoms with Gasteiger partial charge in [0.2, 0.25) is 0 Å². The van der Waals surface area contributed by atoms with Crippen molar-refractivity contribution < 1.29 is 19.0 Å². The summed E-state index contributed by atoms with van der Waals surface area (Å²) < 4.78 is 15.9. The number of esters is 1. The topological polar surface area (TPSA) is 48.0 Å². The van der Waals surface area contributed by atoms with Crippen molar-refractivity contribution in [1.82, 2.24) is 4.90 Å². The molecule has 0 N–H and O–H groups in total. The van der Waals surface area contributed by atoms with Gasteiger partial charge in [-0.3, -0.25) is 9.69 Å². The fraction of sp³-hybridized carbons (Fsp3) is 0.632. The predicted octanol–water partition coefficient (Wildman–Crippen LogP) is 3.82. The third-order valence-electron chi connectivity index (χ3n) is 4.61. The second-order valence-electron chi connectivity index (χ2n) is 6.29. The number of nitrogens with zero attached hydrogens (tertiary/aromatic N) is 1. The van der Waals surface area contributed by atoms with Crippen LogP contribution in [0.2, 0.25) is 0 Å². The van der Waals surface area contributed by atoms with Crippen molar-refractivity contribution in [2.24, 2.45) is 0 Å². The smallest absolute Gasteiger partial charge is 0.302 e. The Hall–Kier alpha value is -1.46. The summed E-state index contributed by atoms with van der Waals surface area (Å²) in [5.74, 6) is 1.27. The lowest BCUT2D eigenvalue weighted by Gasteiger charge is -2.34. The SMILES string of the molecule is COc1ccc(CN(CCOC(C)=O)C2CCCCC2)cc1OC.Cl. The van der Waals surface area contributed by atoms with Gasteiger partial charge in [0, 0.05) is 26.1 Å². The molecule has 25 heavy (non-hydrogen) atoms. The second kappa shape index (κ2) is 11.2. The first-order chi connectivity index (χ1) is 11.6. The van der Waals surface area contributed by atoms with Crippen molar-refractivity contribution in [3.63, 3.8) is 0 Å². The van der Waals surface area contributed by atoms with Crippen molar-refractivity contribution in [2.75, 3.05) is 27.4 Å². The van der Waals surface area contributed by atoms with Gasteiger partial charge in [0.15, 0.2) is 11.5 Å². The molecule has 0 spiro atoms. The van der Waals surface area contributed by atoms with E-state index in [0.717, 1.165) is 24.6 Å². The van der Waals surface area contributed by atoms with Gasteiger partial charge in [0.25, 0.3) is 0 Å². The number of benzene rings is 1. The normalized spacial score (nSPS) is 14.7. The first kappa shape index (κ1) is 21.6. The van der Waals surface area contributed by atoms with Crippen LogP contribution in [0.3, 0.4) is 0 Å². The van der Waals surface area contributed by atoms with E-state index in [0.29, 0.717) is 12.6 Å². The van der Waals surface area contributed by atoms with Gasteiger partial charge >= 0.3 is 5.97 Å². The molecule has 0 radical (unpaired) electrons. The number of rotatable bonds is 8. The zero-order valence-corrected chi connectivity index (χ0v) is 16.3. The Morgan fingerprint density at radius 1 is 1.12 bits per heavy atom. The molecule has 0 aromatic heterocycles. The maximum absolute atomic E-state index is 11.0. The first-order valence-electron chi connectivity index (χ1n) is 8.72. The Bertz CT molecular complexity index is 532. The quantitative estimate of drug-likeness (QED) is 0.650. The molecule has 5 nitrogen and oxygen atoms in total. The average Bonchev–Trinajstić information content (AvgIpc) is 2.61. The highest BCUT2D eigenvalue weighted by molar-refractivity contribution is 5.85. The summed E-state index contributed by atoms with van der Waals surface area (Å²) in [7, 11) is 3.30. The maximum Gasteiger partial charge on any atom is 0.302 e. The molecule has 0 saturated heterocycles. The number of hydrogen-bond acceptors (Lipinski definition) is 5. The van der Waals surface area contributed by atoms with Crippen molar-refractivity contribution in [1.29, 1.82) is 0 Å². The van der Waals surface area contributed by atoms with Crippen LogP contribution >= 0.6 is 12.4 Å². The lowest BCUT2D eigenvalue weighted by atomic mass is 9.94. The van der Waals surface area contributed by atoms with E-state index in [1.165, 1.54) is 44.6 Å². The summed E-state index contributed by atoms with van der Waals surface area (Å²) in [4.78, 5) is 13.5. The van der Waals surface area contributed by atoms with Crippen LogP contribution in [-0.2, 0) is 16.1 Å². The van der Waals surface area contributed by atoms with Crippen LogP contribution in [0.25, 0.3) is 0 Å². The van der Waals surface area contributed by atoms with Crippen LogP contribution in [-0.4, -0.2) is 44.3 Å². The van der Waals surface area contributed by atoms with E-state index in [4.69, 9.17) is 14.2 Å². The highest BCUT2D eigenvalue weighted by Crippen LogP contribution is 2.29. The minimum atomic E-state index is -0.218. The molecule has 1 aromatic rings. The molecule has 0 amide bonds. The van der Waals surface area contributed by atoms with E-state index in [1.54, 1.807) is 14.2 Å². The average molecular weight is 372 g/mol. The van der Waals surface area contributed by atoms with Crippen LogP contribution in [0.15, 0.2) is 18.2 Å². The number of methoxy groups -OCH3 is 2. The Morgan fingerprint density at radius 3 is 2.40 bits per heavy atom. The third-order valence-corrected chi connectivity index (χ3v) is 4.61. The molecule has 1 fully saturated rings. The van der Waals surface area contributed by atoms with Crippen molar-refractivity contribution in [3.05, 3.63) is 23.8 Å². The monoisotopic (exact) mass is 371 g/mol. The summed E-state index contributed by atoms with van der Waals surface area (Å²) in [5.41, 5.74) is 1.18. The number of halogens is 1. The molecular weight excluding hydrogens is 342 g/mol.